The van der Waals surface area contributed by atoms with Gasteiger partial charge in [0.1, 0.15) is 4.88 Å². The van der Waals surface area contributed by atoms with E-state index in [1.807, 2.05) is 12.1 Å². The molecule has 0 unspecified atom stereocenters. The molecule has 184 valence electrons. The Morgan fingerprint density at radius 1 is 1.20 bits per heavy atom. The van der Waals surface area contributed by atoms with E-state index in [-0.39, 0.29) is 16.3 Å². The van der Waals surface area contributed by atoms with Crippen molar-refractivity contribution in [2.24, 2.45) is 5.73 Å². The van der Waals surface area contributed by atoms with Crippen LogP contribution >= 0.6 is 23.1 Å². The molecule has 1 atom stereocenters. The maximum absolute atomic E-state index is 13.3. The third-order valence-corrected chi connectivity index (χ3v) is 6.60. The van der Waals surface area contributed by atoms with Crippen LogP contribution in [0.15, 0.2) is 36.5 Å². The SMILES string of the molecule is NC(=O)c1cc(C(F)(F)F)cnc1-c1snnc1C(=O)N[C@H](CN1CCCC1)c1ccc(Cl)cc1. The molecular weight excluding hydrogens is 505 g/mol. The molecule has 1 fully saturated rings. The molecule has 2 aromatic heterocycles. The van der Waals surface area contributed by atoms with Crippen molar-refractivity contribution in [3.05, 3.63) is 63.9 Å². The molecule has 35 heavy (non-hydrogen) atoms. The van der Waals surface area contributed by atoms with Crippen LogP contribution in [0.2, 0.25) is 5.02 Å². The van der Waals surface area contributed by atoms with Crippen LogP contribution in [0.4, 0.5) is 13.2 Å². The lowest BCUT2D eigenvalue weighted by molar-refractivity contribution is -0.137. The molecule has 1 aromatic carbocycles. The van der Waals surface area contributed by atoms with Gasteiger partial charge in [-0.1, -0.05) is 28.2 Å². The van der Waals surface area contributed by atoms with E-state index in [0.29, 0.717) is 23.8 Å². The van der Waals surface area contributed by atoms with Crippen LogP contribution in [0.3, 0.4) is 0 Å². The standard InChI is InChI=1S/C22H20ClF3N6O2S/c23-14-5-3-12(4-6-14)16(11-32-7-1-2-8-32)29-21(34)18-19(35-31-30-18)17-15(20(27)33)9-13(10-28-17)22(24,25)26/h3-6,9-10,16H,1-2,7-8,11H2,(H2,27,33)(H,29,34)/t16-/m1/s1. The summed E-state index contributed by atoms with van der Waals surface area (Å²) in [5.74, 6) is -1.73. The minimum Gasteiger partial charge on any atom is -0.366 e. The molecule has 3 aromatic rings. The Kier molecular flexibility index (Phi) is 7.33. The highest BCUT2D eigenvalue weighted by Gasteiger charge is 2.34. The van der Waals surface area contributed by atoms with Crippen LogP contribution in [0, 0.1) is 0 Å². The Hall–Kier alpha value is -3.09. The van der Waals surface area contributed by atoms with Gasteiger partial charge in [0.2, 0.25) is 0 Å². The van der Waals surface area contributed by atoms with Gasteiger partial charge in [0.05, 0.1) is 22.9 Å². The van der Waals surface area contributed by atoms with Gasteiger partial charge in [0, 0.05) is 17.8 Å². The van der Waals surface area contributed by atoms with Crippen LogP contribution in [0.5, 0.6) is 0 Å². The van der Waals surface area contributed by atoms with Gasteiger partial charge in [-0.3, -0.25) is 14.6 Å². The topological polar surface area (TPSA) is 114 Å². The maximum atomic E-state index is 13.3. The number of pyridine rings is 1. The Morgan fingerprint density at radius 2 is 1.89 bits per heavy atom. The maximum Gasteiger partial charge on any atom is 0.417 e. The second-order valence-electron chi connectivity index (χ2n) is 8.02. The number of carbonyl (C=O) groups is 2. The minimum atomic E-state index is -4.72. The summed E-state index contributed by atoms with van der Waals surface area (Å²) < 4.78 is 43.1. The van der Waals surface area contributed by atoms with Gasteiger partial charge in [0.15, 0.2) is 5.69 Å². The predicted octanol–water partition coefficient (Wildman–Crippen LogP) is 3.94. The summed E-state index contributed by atoms with van der Waals surface area (Å²) in [4.78, 5) is 31.2. The molecule has 2 amide bonds. The van der Waals surface area contributed by atoms with Gasteiger partial charge in [-0.2, -0.15) is 13.2 Å². The molecule has 1 aliphatic rings. The first-order chi connectivity index (χ1) is 16.6. The van der Waals surface area contributed by atoms with Crippen molar-refractivity contribution >= 4 is 34.9 Å². The number of rotatable bonds is 7. The van der Waals surface area contributed by atoms with E-state index < -0.39 is 35.2 Å². The third kappa shape index (κ3) is 5.77. The highest BCUT2D eigenvalue weighted by atomic mass is 35.5. The zero-order valence-corrected chi connectivity index (χ0v) is 19.8. The summed E-state index contributed by atoms with van der Waals surface area (Å²) in [6, 6.07) is 7.26. The van der Waals surface area contributed by atoms with Crippen LogP contribution in [-0.4, -0.2) is 50.9 Å². The van der Waals surface area contributed by atoms with Crippen molar-refractivity contribution in [2.45, 2.75) is 25.1 Å². The molecule has 0 bridgehead atoms. The number of benzene rings is 1. The van der Waals surface area contributed by atoms with Crippen molar-refractivity contribution in [1.82, 2.24) is 24.8 Å². The molecule has 13 heteroatoms. The molecule has 3 N–H and O–H groups in total. The number of nitrogens with one attached hydrogen (secondary N) is 1. The molecule has 0 spiro atoms. The monoisotopic (exact) mass is 524 g/mol. The number of aromatic nitrogens is 3. The Labute approximate surface area is 207 Å². The number of primary amides is 1. The second kappa shape index (κ2) is 10.3. The molecular formula is C22H20ClF3N6O2S. The van der Waals surface area contributed by atoms with E-state index in [1.165, 1.54) is 0 Å². The molecule has 1 aliphatic heterocycles. The van der Waals surface area contributed by atoms with E-state index in [2.05, 4.69) is 24.8 Å². The highest BCUT2D eigenvalue weighted by molar-refractivity contribution is 7.09. The molecule has 1 saturated heterocycles. The fraction of sp³-hybridized carbons (Fsp3) is 0.318. The fourth-order valence-corrected chi connectivity index (χ4v) is 4.66. The lowest BCUT2D eigenvalue weighted by atomic mass is 10.1. The lowest BCUT2D eigenvalue weighted by Crippen LogP contribution is -2.37. The van der Waals surface area contributed by atoms with Crippen molar-refractivity contribution in [2.75, 3.05) is 19.6 Å². The lowest BCUT2D eigenvalue weighted by Gasteiger charge is -2.25. The van der Waals surface area contributed by atoms with Gasteiger partial charge >= 0.3 is 6.18 Å². The van der Waals surface area contributed by atoms with E-state index in [0.717, 1.165) is 43.0 Å². The first kappa shape index (κ1) is 25.0. The molecule has 0 saturated carbocycles. The van der Waals surface area contributed by atoms with Crippen molar-refractivity contribution < 1.29 is 22.8 Å². The van der Waals surface area contributed by atoms with E-state index in [1.54, 1.807) is 12.1 Å². The number of hydrogen-bond acceptors (Lipinski definition) is 7. The molecule has 4 rings (SSSR count). The van der Waals surface area contributed by atoms with Crippen molar-refractivity contribution in [3.8, 4) is 10.6 Å². The number of halogens is 4. The smallest absolute Gasteiger partial charge is 0.366 e. The predicted molar refractivity (Wildman–Crippen MR) is 124 cm³/mol. The number of carbonyl (C=O) groups excluding carboxylic acids is 2. The number of nitrogens with two attached hydrogens (primary N) is 1. The number of hydrogen-bond donors (Lipinski definition) is 2. The Balaban J connectivity index is 1.65. The fourth-order valence-electron chi connectivity index (χ4n) is 3.86. The average molecular weight is 525 g/mol. The van der Waals surface area contributed by atoms with Crippen molar-refractivity contribution in [1.29, 1.82) is 0 Å². The zero-order valence-electron chi connectivity index (χ0n) is 18.2. The number of amides is 2. The van der Waals surface area contributed by atoms with Gasteiger partial charge < -0.3 is 16.0 Å². The zero-order chi connectivity index (χ0) is 25.2. The summed E-state index contributed by atoms with van der Waals surface area (Å²) in [6.45, 7) is 2.35. The summed E-state index contributed by atoms with van der Waals surface area (Å²) in [7, 11) is 0. The number of likely N-dealkylation sites (tertiary alicyclic amines) is 1. The van der Waals surface area contributed by atoms with Crippen LogP contribution in [-0.2, 0) is 6.18 Å². The summed E-state index contributed by atoms with van der Waals surface area (Å²) in [6.07, 6.45) is -2.01. The number of nitrogens with zero attached hydrogens (tertiary/aromatic N) is 4. The first-order valence-corrected chi connectivity index (χ1v) is 11.8. The van der Waals surface area contributed by atoms with E-state index in [4.69, 9.17) is 17.3 Å². The number of alkyl halides is 3. The van der Waals surface area contributed by atoms with Gasteiger partial charge in [-0.25, -0.2) is 0 Å². The second-order valence-corrected chi connectivity index (χ2v) is 9.21. The van der Waals surface area contributed by atoms with Crippen molar-refractivity contribution in [3.63, 3.8) is 0 Å². The summed E-state index contributed by atoms with van der Waals surface area (Å²) >= 11 is 6.74. The Bertz CT molecular complexity index is 1230. The quantitative estimate of drug-likeness (QED) is 0.484. The van der Waals surface area contributed by atoms with Gasteiger partial charge in [0.25, 0.3) is 11.8 Å². The minimum absolute atomic E-state index is 0.0426. The molecule has 0 radical (unpaired) electrons. The largest absolute Gasteiger partial charge is 0.417 e. The molecule has 8 nitrogen and oxygen atoms in total. The van der Waals surface area contributed by atoms with E-state index in [9.17, 15) is 22.8 Å². The summed E-state index contributed by atoms with van der Waals surface area (Å²) in [5.41, 5.74) is 4.18. The van der Waals surface area contributed by atoms with Crippen LogP contribution in [0.25, 0.3) is 10.6 Å². The van der Waals surface area contributed by atoms with Gasteiger partial charge in [-0.15, -0.1) is 5.10 Å². The normalized spacial score (nSPS) is 15.2. The van der Waals surface area contributed by atoms with Crippen LogP contribution < -0.4 is 11.1 Å². The highest BCUT2D eigenvalue weighted by Crippen LogP contribution is 2.34. The molecule has 0 aliphatic carbocycles. The molecule has 3 heterocycles. The first-order valence-electron chi connectivity index (χ1n) is 10.6. The summed E-state index contributed by atoms with van der Waals surface area (Å²) in [5, 5.41) is 7.35. The van der Waals surface area contributed by atoms with Gasteiger partial charge in [-0.05, 0) is 61.2 Å². The van der Waals surface area contributed by atoms with E-state index >= 15 is 0 Å². The van der Waals surface area contributed by atoms with Crippen LogP contribution in [0.1, 0.15) is 50.9 Å². The average Bonchev–Trinajstić information content (AvgIpc) is 3.50. The third-order valence-electron chi connectivity index (χ3n) is 5.62. The Morgan fingerprint density at radius 3 is 2.51 bits per heavy atom.